The van der Waals surface area contributed by atoms with Crippen molar-refractivity contribution >= 4 is 5.78 Å². The number of benzene rings is 2. The molecule has 0 spiro atoms. The molecule has 38 heavy (non-hydrogen) atoms. The van der Waals surface area contributed by atoms with Crippen LogP contribution in [0.3, 0.4) is 0 Å². The molecule has 1 unspecified atom stereocenters. The maximum atomic E-state index is 13.9. The lowest BCUT2D eigenvalue weighted by atomic mass is 9.98. The number of nitrogens with zero attached hydrogens (tertiary/aromatic N) is 3. The van der Waals surface area contributed by atoms with E-state index in [1.54, 1.807) is 12.4 Å². The zero-order valence-electron chi connectivity index (χ0n) is 21.4. The molecule has 1 atom stereocenters. The van der Waals surface area contributed by atoms with Crippen molar-refractivity contribution in [1.29, 1.82) is 0 Å². The van der Waals surface area contributed by atoms with Crippen molar-refractivity contribution in [2.24, 2.45) is 0 Å². The number of alkyl halides is 2. The second kappa shape index (κ2) is 11.6. The Bertz CT molecular complexity index is 1360. The molecule has 0 saturated heterocycles. The largest absolute Gasteiger partial charge is 0.476 e. The van der Waals surface area contributed by atoms with Crippen LogP contribution in [0.4, 0.5) is 8.78 Å². The van der Waals surface area contributed by atoms with Crippen molar-refractivity contribution in [1.82, 2.24) is 15.1 Å². The summed E-state index contributed by atoms with van der Waals surface area (Å²) in [5.74, 6) is -2.21. The summed E-state index contributed by atoms with van der Waals surface area (Å²) < 4.78 is 39.0. The number of Topliss-reactive ketones (excluding diaryl/α,β-unsaturated/α-hetero) is 1. The quantitative estimate of drug-likeness (QED) is 0.290. The van der Waals surface area contributed by atoms with E-state index >= 15 is 0 Å². The van der Waals surface area contributed by atoms with Crippen molar-refractivity contribution < 1.29 is 27.9 Å². The van der Waals surface area contributed by atoms with Crippen molar-refractivity contribution in [3.8, 4) is 17.1 Å². The average Bonchev–Trinajstić information content (AvgIpc) is 3.22. The maximum absolute atomic E-state index is 13.9. The molecule has 4 rings (SSSR count). The SMILES string of the molecule is Cc1noc(C)c1CCOc1nccnc1-c1ccc(CC(=O)Cc2ccc(C(F)(F)C(C)O)cc2)cc1. The third kappa shape index (κ3) is 6.28. The molecule has 2 aromatic carbocycles. The second-order valence-electron chi connectivity index (χ2n) is 9.20. The zero-order valence-corrected chi connectivity index (χ0v) is 21.4. The summed E-state index contributed by atoms with van der Waals surface area (Å²) in [6, 6.07) is 12.9. The van der Waals surface area contributed by atoms with Gasteiger partial charge in [-0.2, -0.15) is 8.78 Å². The Kier molecular flexibility index (Phi) is 8.26. The van der Waals surface area contributed by atoms with Crippen LogP contribution in [0.25, 0.3) is 11.3 Å². The Hall–Kier alpha value is -3.98. The minimum absolute atomic E-state index is 0.0457. The van der Waals surface area contributed by atoms with Gasteiger partial charge in [-0.1, -0.05) is 53.7 Å². The molecule has 0 saturated carbocycles. The highest BCUT2D eigenvalue weighted by Gasteiger charge is 2.37. The molecule has 198 valence electrons. The first-order valence-electron chi connectivity index (χ1n) is 12.3. The fraction of sp³-hybridized carbons (Fsp3) is 0.310. The van der Waals surface area contributed by atoms with Crippen LogP contribution >= 0.6 is 0 Å². The Morgan fingerprint density at radius 3 is 2.18 bits per heavy atom. The maximum Gasteiger partial charge on any atom is 0.298 e. The summed E-state index contributed by atoms with van der Waals surface area (Å²) in [6.45, 7) is 5.19. The summed E-state index contributed by atoms with van der Waals surface area (Å²) in [6.07, 6.45) is 2.32. The van der Waals surface area contributed by atoms with Crippen molar-refractivity contribution in [3.63, 3.8) is 0 Å². The van der Waals surface area contributed by atoms with Crippen molar-refractivity contribution in [2.45, 2.75) is 52.1 Å². The molecule has 0 aliphatic rings. The van der Waals surface area contributed by atoms with E-state index in [1.165, 1.54) is 24.3 Å². The first-order valence-corrected chi connectivity index (χ1v) is 12.3. The van der Waals surface area contributed by atoms with E-state index in [4.69, 9.17) is 9.26 Å². The molecule has 9 heteroatoms. The predicted octanol–water partition coefficient (Wildman–Crippen LogP) is 5.20. The number of carbonyl (C=O) groups is 1. The number of aliphatic hydroxyl groups is 1. The average molecular weight is 522 g/mol. The highest BCUT2D eigenvalue weighted by molar-refractivity contribution is 5.83. The van der Waals surface area contributed by atoms with E-state index in [-0.39, 0.29) is 24.2 Å². The normalized spacial score (nSPS) is 12.4. The number of rotatable bonds is 11. The molecular weight excluding hydrogens is 492 g/mol. The standard InChI is InChI=1S/C29H29F2N3O4/c1-18-26(19(2)38-34-18)12-15-37-28-27(32-13-14-33-28)23-8-4-21(5-9-23)16-25(36)17-22-6-10-24(11-7-22)29(30,31)20(3)35/h4-11,13-14,20,35H,12,15-17H2,1-3H3. The summed E-state index contributed by atoms with van der Waals surface area (Å²) in [7, 11) is 0. The molecule has 0 aliphatic heterocycles. The van der Waals surface area contributed by atoms with Gasteiger partial charge in [-0.3, -0.25) is 4.79 Å². The van der Waals surface area contributed by atoms with Crippen LogP contribution in [-0.4, -0.2) is 38.7 Å². The number of hydrogen-bond acceptors (Lipinski definition) is 7. The van der Waals surface area contributed by atoms with Crippen LogP contribution in [0.2, 0.25) is 0 Å². The van der Waals surface area contributed by atoms with Crippen LogP contribution in [-0.2, 0) is 30.0 Å². The molecule has 0 bridgehead atoms. The summed E-state index contributed by atoms with van der Waals surface area (Å²) in [5, 5.41) is 13.2. The molecule has 7 nitrogen and oxygen atoms in total. The molecule has 0 radical (unpaired) electrons. The van der Waals surface area contributed by atoms with E-state index in [0.29, 0.717) is 30.2 Å². The van der Waals surface area contributed by atoms with E-state index in [1.807, 2.05) is 38.1 Å². The highest BCUT2D eigenvalue weighted by atomic mass is 19.3. The molecule has 0 fully saturated rings. The Balaban J connectivity index is 1.36. The highest BCUT2D eigenvalue weighted by Crippen LogP contribution is 2.32. The number of aliphatic hydroxyl groups excluding tert-OH is 1. The minimum atomic E-state index is -3.34. The lowest BCUT2D eigenvalue weighted by Crippen LogP contribution is -2.27. The van der Waals surface area contributed by atoms with Gasteiger partial charge in [0.15, 0.2) is 0 Å². The number of ether oxygens (including phenoxy) is 1. The predicted molar refractivity (Wildman–Crippen MR) is 137 cm³/mol. The van der Waals surface area contributed by atoms with Gasteiger partial charge in [-0.25, -0.2) is 9.97 Å². The van der Waals surface area contributed by atoms with Gasteiger partial charge < -0.3 is 14.4 Å². The Morgan fingerprint density at radius 2 is 1.61 bits per heavy atom. The van der Waals surface area contributed by atoms with Gasteiger partial charge >= 0.3 is 0 Å². The summed E-state index contributed by atoms with van der Waals surface area (Å²) in [4.78, 5) is 21.4. The van der Waals surface area contributed by atoms with Gasteiger partial charge in [0.2, 0.25) is 5.88 Å². The van der Waals surface area contributed by atoms with Gasteiger partial charge in [0.1, 0.15) is 23.3 Å². The fourth-order valence-electron chi connectivity index (χ4n) is 4.12. The number of ketones is 1. The number of aromatic nitrogens is 3. The van der Waals surface area contributed by atoms with E-state index in [2.05, 4.69) is 15.1 Å². The third-order valence-corrected chi connectivity index (χ3v) is 6.33. The smallest absolute Gasteiger partial charge is 0.298 e. The molecule has 0 aliphatic carbocycles. The lowest BCUT2D eigenvalue weighted by Gasteiger charge is -2.19. The third-order valence-electron chi connectivity index (χ3n) is 6.33. The van der Waals surface area contributed by atoms with Gasteiger partial charge in [-0.05, 0) is 31.9 Å². The first kappa shape index (κ1) is 27.1. The number of carbonyl (C=O) groups excluding carboxylic acids is 1. The number of hydrogen-bond donors (Lipinski definition) is 1. The van der Waals surface area contributed by atoms with Crippen molar-refractivity contribution in [3.05, 3.63) is 94.6 Å². The number of aryl methyl sites for hydroxylation is 2. The minimum Gasteiger partial charge on any atom is -0.476 e. The molecule has 0 amide bonds. The molecule has 2 heterocycles. The summed E-state index contributed by atoms with van der Waals surface area (Å²) in [5.41, 5.74) is 4.42. The lowest BCUT2D eigenvalue weighted by molar-refractivity contribution is -0.117. The van der Waals surface area contributed by atoms with Crippen LogP contribution in [0, 0.1) is 13.8 Å². The van der Waals surface area contributed by atoms with Crippen LogP contribution < -0.4 is 4.74 Å². The second-order valence-corrected chi connectivity index (χ2v) is 9.20. The van der Waals surface area contributed by atoms with Crippen LogP contribution in [0.5, 0.6) is 5.88 Å². The first-order chi connectivity index (χ1) is 18.1. The van der Waals surface area contributed by atoms with Gasteiger partial charge in [0, 0.05) is 48.3 Å². The van der Waals surface area contributed by atoms with Gasteiger partial charge in [0.25, 0.3) is 5.92 Å². The van der Waals surface area contributed by atoms with Crippen LogP contribution in [0.1, 0.15) is 40.6 Å². The van der Waals surface area contributed by atoms with Gasteiger partial charge in [0.05, 0.1) is 12.3 Å². The molecular formula is C29H29F2N3O4. The monoisotopic (exact) mass is 521 g/mol. The zero-order chi connectivity index (χ0) is 27.3. The summed E-state index contributed by atoms with van der Waals surface area (Å²) >= 11 is 0. The van der Waals surface area contributed by atoms with E-state index < -0.39 is 12.0 Å². The fourth-order valence-corrected chi connectivity index (χ4v) is 4.12. The topological polar surface area (TPSA) is 98.3 Å². The Morgan fingerprint density at radius 1 is 1.00 bits per heavy atom. The van der Waals surface area contributed by atoms with E-state index in [0.717, 1.165) is 35.1 Å². The Labute approximate surface area is 219 Å². The molecule has 1 N–H and O–H groups in total. The van der Waals surface area contributed by atoms with Crippen molar-refractivity contribution in [2.75, 3.05) is 6.61 Å². The molecule has 2 aromatic heterocycles. The molecule has 4 aromatic rings. The van der Waals surface area contributed by atoms with E-state index in [9.17, 15) is 18.7 Å². The van der Waals surface area contributed by atoms with Gasteiger partial charge in [-0.15, -0.1) is 0 Å². The number of halogens is 2. The van der Waals surface area contributed by atoms with Crippen LogP contribution in [0.15, 0.2) is 65.4 Å².